The summed E-state index contributed by atoms with van der Waals surface area (Å²) < 4.78 is 30.5. The summed E-state index contributed by atoms with van der Waals surface area (Å²) in [7, 11) is 0. The van der Waals surface area contributed by atoms with Crippen molar-refractivity contribution in [3.8, 4) is 0 Å². The Morgan fingerprint density at radius 3 is 2.47 bits per heavy atom. The van der Waals surface area contributed by atoms with E-state index in [9.17, 15) is 13.6 Å². The predicted octanol–water partition coefficient (Wildman–Crippen LogP) is 6.41. The number of carbonyl (C=O) groups is 1. The summed E-state index contributed by atoms with van der Waals surface area (Å²) in [5.41, 5.74) is 8.77. The van der Waals surface area contributed by atoms with Gasteiger partial charge in [-0.2, -0.15) is 0 Å². The Morgan fingerprint density at radius 2 is 1.72 bits per heavy atom. The molecule has 2 aliphatic carbocycles. The standard InChI is InChI=1S/C30H37F2N3O/c31-27-15-10-21(16-28(27)32)25(17-30(36)34-23-13-11-22(33)12-14-23)26-19-35(18-20-6-2-1-3-7-20)29-9-5-4-8-24(26)29/h4-5,8-10,15-16,19-20,22-23,25H,1-3,6-7,11-14,17-18,33H2,(H,34,36)/t22-,23-,25?. The van der Waals surface area contributed by atoms with E-state index in [2.05, 4.69) is 28.2 Å². The summed E-state index contributed by atoms with van der Waals surface area (Å²) in [6.07, 6.45) is 12.3. The van der Waals surface area contributed by atoms with Gasteiger partial charge in [-0.1, -0.05) is 43.5 Å². The summed E-state index contributed by atoms with van der Waals surface area (Å²) in [6.45, 7) is 0.944. The predicted molar refractivity (Wildman–Crippen MR) is 140 cm³/mol. The van der Waals surface area contributed by atoms with E-state index in [1.807, 2.05) is 12.1 Å². The highest BCUT2D eigenvalue weighted by atomic mass is 19.2. The van der Waals surface area contributed by atoms with Gasteiger partial charge < -0.3 is 15.6 Å². The van der Waals surface area contributed by atoms with Crippen LogP contribution in [0.3, 0.4) is 0 Å². The zero-order valence-electron chi connectivity index (χ0n) is 20.9. The Kier molecular flexibility index (Phi) is 7.70. The maximum Gasteiger partial charge on any atom is 0.221 e. The number of amides is 1. The Bertz CT molecular complexity index is 1190. The Balaban J connectivity index is 1.47. The second kappa shape index (κ2) is 11.1. The van der Waals surface area contributed by atoms with Gasteiger partial charge in [0.1, 0.15) is 0 Å². The summed E-state index contributed by atoms with van der Waals surface area (Å²) in [5, 5.41) is 4.26. The summed E-state index contributed by atoms with van der Waals surface area (Å²) in [4.78, 5) is 13.2. The van der Waals surface area contributed by atoms with Crippen LogP contribution < -0.4 is 11.1 Å². The molecule has 192 valence electrons. The van der Waals surface area contributed by atoms with Crippen LogP contribution in [0.1, 0.15) is 81.3 Å². The van der Waals surface area contributed by atoms with E-state index in [0.717, 1.165) is 48.7 Å². The number of nitrogens with zero attached hydrogens (tertiary/aromatic N) is 1. The van der Waals surface area contributed by atoms with Crippen molar-refractivity contribution in [2.45, 2.75) is 88.8 Å². The van der Waals surface area contributed by atoms with E-state index in [-0.39, 0.29) is 30.3 Å². The fraction of sp³-hybridized carbons (Fsp3) is 0.500. The maximum atomic E-state index is 14.3. The SMILES string of the molecule is N[C@H]1CC[C@H](NC(=O)CC(c2ccc(F)c(F)c2)c2cn(CC3CCCCC3)c3ccccc23)CC1. The lowest BCUT2D eigenvalue weighted by Crippen LogP contribution is -2.40. The highest BCUT2D eigenvalue weighted by molar-refractivity contribution is 5.86. The molecule has 2 fully saturated rings. The van der Waals surface area contributed by atoms with Crippen molar-refractivity contribution in [2.24, 2.45) is 11.7 Å². The van der Waals surface area contributed by atoms with Crippen molar-refractivity contribution in [1.82, 2.24) is 9.88 Å². The molecule has 1 atom stereocenters. The Labute approximate surface area is 212 Å². The fourth-order valence-corrected chi connectivity index (χ4v) is 6.22. The van der Waals surface area contributed by atoms with Crippen LogP contribution in [0.25, 0.3) is 10.9 Å². The molecule has 4 nitrogen and oxygen atoms in total. The maximum absolute atomic E-state index is 14.3. The van der Waals surface area contributed by atoms with Gasteiger partial charge >= 0.3 is 0 Å². The number of nitrogens with one attached hydrogen (secondary N) is 1. The van der Waals surface area contributed by atoms with Gasteiger partial charge in [0.05, 0.1) is 0 Å². The number of aromatic nitrogens is 1. The van der Waals surface area contributed by atoms with Crippen LogP contribution in [-0.2, 0) is 11.3 Å². The van der Waals surface area contributed by atoms with Gasteiger partial charge in [0, 0.05) is 48.1 Å². The minimum absolute atomic E-state index is 0.0608. The lowest BCUT2D eigenvalue weighted by Gasteiger charge is -2.27. The number of fused-ring (bicyclic) bond motifs is 1. The van der Waals surface area contributed by atoms with Crippen molar-refractivity contribution in [3.63, 3.8) is 0 Å². The van der Waals surface area contributed by atoms with Gasteiger partial charge in [0.2, 0.25) is 5.91 Å². The average molecular weight is 494 g/mol. The summed E-state index contributed by atoms with van der Waals surface area (Å²) in [5.74, 6) is -1.55. The van der Waals surface area contributed by atoms with Crippen molar-refractivity contribution in [1.29, 1.82) is 0 Å². The quantitative estimate of drug-likeness (QED) is 0.400. The average Bonchev–Trinajstić information content (AvgIpc) is 3.24. The van der Waals surface area contributed by atoms with E-state index in [0.29, 0.717) is 11.5 Å². The van der Waals surface area contributed by atoms with E-state index in [1.165, 1.54) is 44.2 Å². The lowest BCUT2D eigenvalue weighted by atomic mass is 9.87. The molecule has 0 radical (unpaired) electrons. The molecule has 0 spiro atoms. The Hall–Kier alpha value is -2.73. The van der Waals surface area contributed by atoms with E-state index in [4.69, 9.17) is 5.73 Å². The third-order valence-electron chi connectivity index (χ3n) is 8.25. The first-order valence-electron chi connectivity index (χ1n) is 13.6. The first-order valence-corrected chi connectivity index (χ1v) is 13.6. The molecule has 0 aliphatic heterocycles. The first-order chi connectivity index (χ1) is 17.5. The number of carbonyl (C=O) groups excluding carboxylic acids is 1. The number of rotatable bonds is 7. The number of nitrogens with two attached hydrogens (primary N) is 1. The van der Waals surface area contributed by atoms with Crippen LogP contribution >= 0.6 is 0 Å². The van der Waals surface area contributed by atoms with Crippen molar-refractivity contribution in [3.05, 3.63) is 71.4 Å². The van der Waals surface area contributed by atoms with Gasteiger partial charge in [-0.25, -0.2) is 8.78 Å². The molecular formula is C30H37F2N3O. The molecule has 3 aromatic rings. The third-order valence-corrected chi connectivity index (χ3v) is 8.25. The van der Waals surface area contributed by atoms with E-state index >= 15 is 0 Å². The van der Waals surface area contributed by atoms with Crippen LogP contribution in [0.5, 0.6) is 0 Å². The molecule has 1 unspecified atom stereocenters. The van der Waals surface area contributed by atoms with Gasteiger partial charge in [-0.15, -0.1) is 0 Å². The molecule has 6 heteroatoms. The van der Waals surface area contributed by atoms with Crippen LogP contribution in [-0.4, -0.2) is 22.6 Å². The summed E-state index contributed by atoms with van der Waals surface area (Å²) in [6, 6.07) is 12.6. The Morgan fingerprint density at radius 1 is 0.972 bits per heavy atom. The highest BCUT2D eigenvalue weighted by Crippen LogP contribution is 2.37. The number of halogens is 2. The van der Waals surface area contributed by atoms with Crippen LogP contribution in [0.4, 0.5) is 8.78 Å². The molecular weight excluding hydrogens is 456 g/mol. The van der Waals surface area contributed by atoms with Crippen LogP contribution in [0, 0.1) is 17.6 Å². The number of hydrogen-bond acceptors (Lipinski definition) is 2. The zero-order valence-corrected chi connectivity index (χ0v) is 20.9. The molecule has 2 saturated carbocycles. The molecule has 36 heavy (non-hydrogen) atoms. The zero-order chi connectivity index (χ0) is 25.1. The molecule has 2 aromatic carbocycles. The van der Waals surface area contributed by atoms with Gasteiger partial charge in [-0.05, 0) is 73.8 Å². The van der Waals surface area contributed by atoms with Crippen molar-refractivity contribution >= 4 is 16.8 Å². The molecule has 0 saturated heterocycles. The van der Waals surface area contributed by atoms with E-state index < -0.39 is 11.6 Å². The third kappa shape index (κ3) is 5.64. The second-order valence-corrected chi connectivity index (χ2v) is 10.9. The van der Waals surface area contributed by atoms with E-state index in [1.54, 1.807) is 6.07 Å². The fourth-order valence-electron chi connectivity index (χ4n) is 6.22. The number of hydrogen-bond donors (Lipinski definition) is 2. The second-order valence-electron chi connectivity index (χ2n) is 10.9. The molecule has 1 amide bonds. The number of para-hydroxylation sites is 1. The molecule has 5 rings (SSSR count). The van der Waals surface area contributed by atoms with Crippen molar-refractivity contribution < 1.29 is 13.6 Å². The molecule has 1 heterocycles. The molecule has 1 aromatic heterocycles. The smallest absolute Gasteiger partial charge is 0.221 e. The minimum atomic E-state index is -0.884. The molecule has 3 N–H and O–H groups in total. The monoisotopic (exact) mass is 493 g/mol. The number of benzene rings is 2. The van der Waals surface area contributed by atoms with Crippen molar-refractivity contribution in [2.75, 3.05) is 0 Å². The topological polar surface area (TPSA) is 60.0 Å². The normalized spacial score (nSPS) is 22.0. The van der Waals surface area contributed by atoms with Gasteiger partial charge in [0.25, 0.3) is 0 Å². The lowest BCUT2D eigenvalue weighted by molar-refractivity contribution is -0.122. The minimum Gasteiger partial charge on any atom is -0.353 e. The molecule has 0 bridgehead atoms. The summed E-state index contributed by atoms with van der Waals surface area (Å²) >= 11 is 0. The first kappa shape index (κ1) is 24.9. The largest absolute Gasteiger partial charge is 0.353 e. The van der Waals surface area contributed by atoms with Crippen LogP contribution in [0.15, 0.2) is 48.7 Å². The van der Waals surface area contributed by atoms with Crippen LogP contribution in [0.2, 0.25) is 0 Å². The van der Waals surface area contributed by atoms with Gasteiger partial charge in [-0.3, -0.25) is 4.79 Å². The van der Waals surface area contributed by atoms with Gasteiger partial charge in [0.15, 0.2) is 11.6 Å². The highest BCUT2D eigenvalue weighted by Gasteiger charge is 2.27. The molecule has 2 aliphatic rings.